The molecule has 1 saturated heterocycles. The number of rotatable bonds is 6. The molecule has 1 fully saturated rings. The van der Waals surface area contributed by atoms with Gasteiger partial charge in [0.25, 0.3) is 0 Å². The van der Waals surface area contributed by atoms with Gasteiger partial charge in [-0.25, -0.2) is 4.98 Å². The predicted octanol–water partition coefficient (Wildman–Crippen LogP) is 3.89. The number of hydrogen-bond donors (Lipinski definition) is 1. The maximum absolute atomic E-state index is 12.6. The van der Waals surface area contributed by atoms with Crippen molar-refractivity contribution in [2.24, 2.45) is 5.92 Å². The van der Waals surface area contributed by atoms with E-state index in [0.29, 0.717) is 6.54 Å². The fraction of sp³-hybridized carbons (Fsp3) is 0.417. The van der Waals surface area contributed by atoms with E-state index in [1.54, 1.807) is 0 Å². The van der Waals surface area contributed by atoms with Crippen LogP contribution in [-0.2, 0) is 24.4 Å². The molecule has 29 heavy (non-hydrogen) atoms. The van der Waals surface area contributed by atoms with Crippen LogP contribution < -0.4 is 5.32 Å². The van der Waals surface area contributed by atoms with Gasteiger partial charge in [-0.05, 0) is 57.5 Å². The van der Waals surface area contributed by atoms with Crippen LogP contribution in [0.4, 0.5) is 0 Å². The van der Waals surface area contributed by atoms with Crippen LogP contribution in [0.3, 0.4) is 0 Å². The third-order valence-corrected chi connectivity index (χ3v) is 5.92. The van der Waals surface area contributed by atoms with Gasteiger partial charge in [-0.1, -0.05) is 42.0 Å². The molecule has 5 nitrogen and oxygen atoms in total. The minimum atomic E-state index is 0.112. The van der Waals surface area contributed by atoms with Gasteiger partial charge in [0.2, 0.25) is 5.91 Å². The third kappa shape index (κ3) is 4.51. The number of likely N-dealkylation sites (tertiary alicyclic amines) is 1. The Bertz CT molecular complexity index is 985. The van der Waals surface area contributed by atoms with Crippen LogP contribution >= 0.6 is 0 Å². The van der Waals surface area contributed by atoms with Crippen LogP contribution in [0.15, 0.2) is 48.5 Å². The van der Waals surface area contributed by atoms with Gasteiger partial charge in [0.05, 0.1) is 17.6 Å². The molecular weight excluding hydrogens is 360 g/mol. The molecule has 2 aromatic carbocycles. The predicted molar refractivity (Wildman–Crippen MR) is 116 cm³/mol. The zero-order chi connectivity index (χ0) is 20.2. The van der Waals surface area contributed by atoms with Gasteiger partial charge in [-0.3, -0.25) is 9.69 Å². The van der Waals surface area contributed by atoms with Gasteiger partial charge < -0.3 is 9.88 Å². The Hall–Kier alpha value is -2.66. The molecule has 3 aromatic rings. The fourth-order valence-corrected chi connectivity index (χ4v) is 4.31. The Balaban J connectivity index is 1.31. The van der Waals surface area contributed by atoms with Gasteiger partial charge in [0.1, 0.15) is 5.82 Å². The highest BCUT2D eigenvalue weighted by Crippen LogP contribution is 2.22. The molecule has 0 radical (unpaired) electrons. The standard InChI is InChI=1S/C24H30N4O/c1-3-28-22-10-5-4-9-21(22)26-23(28)17-27-13-11-20(12-14-27)24(29)25-16-19-8-6-7-18(2)15-19/h4-10,15,20H,3,11-14,16-17H2,1-2H3,(H,25,29). The van der Waals surface area contributed by atoms with E-state index in [1.807, 2.05) is 12.1 Å². The summed E-state index contributed by atoms with van der Waals surface area (Å²) in [4.78, 5) is 19.9. The number of hydrogen-bond acceptors (Lipinski definition) is 3. The lowest BCUT2D eigenvalue weighted by atomic mass is 9.95. The number of fused-ring (bicyclic) bond motifs is 1. The van der Waals surface area contributed by atoms with E-state index in [4.69, 9.17) is 4.98 Å². The molecule has 152 valence electrons. The summed E-state index contributed by atoms with van der Waals surface area (Å²) >= 11 is 0. The van der Waals surface area contributed by atoms with Crippen LogP contribution in [0.2, 0.25) is 0 Å². The van der Waals surface area contributed by atoms with Crippen molar-refractivity contribution in [2.45, 2.75) is 46.3 Å². The van der Waals surface area contributed by atoms with Crippen molar-refractivity contribution in [3.05, 3.63) is 65.5 Å². The van der Waals surface area contributed by atoms with Crippen molar-refractivity contribution >= 4 is 16.9 Å². The quantitative estimate of drug-likeness (QED) is 0.695. The number of imidazole rings is 1. The molecule has 0 bridgehead atoms. The second-order valence-corrected chi connectivity index (χ2v) is 8.02. The second kappa shape index (κ2) is 8.78. The van der Waals surface area contributed by atoms with Crippen molar-refractivity contribution in [3.8, 4) is 0 Å². The number of piperidine rings is 1. The summed E-state index contributed by atoms with van der Waals surface area (Å²) < 4.78 is 2.30. The van der Waals surface area contributed by atoms with Crippen LogP contribution in [0.1, 0.15) is 36.7 Å². The Morgan fingerprint density at radius 2 is 1.93 bits per heavy atom. The fourth-order valence-electron chi connectivity index (χ4n) is 4.31. The van der Waals surface area contributed by atoms with Crippen LogP contribution in [-0.4, -0.2) is 33.4 Å². The number of nitrogens with zero attached hydrogens (tertiary/aromatic N) is 3. The molecule has 1 aliphatic heterocycles. The van der Waals surface area contributed by atoms with Crippen molar-refractivity contribution < 1.29 is 4.79 Å². The SMILES string of the molecule is CCn1c(CN2CCC(C(=O)NCc3cccc(C)c3)CC2)nc2ccccc21. The molecule has 2 heterocycles. The van der Waals surface area contributed by atoms with Crippen molar-refractivity contribution in [1.29, 1.82) is 0 Å². The summed E-state index contributed by atoms with van der Waals surface area (Å²) in [5.41, 5.74) is 4.66. The van der Waals surface area contributed by atoms with Gasteiger partial charge in [0.15, 0.2) is 0 Å². The first-order valence-electron chi connectivity index (χ1n) is 10.6. The van der Waals surface area contributed by atoms with Crippen LogP contribution in [0.5, 0.6) is 0 Å². The Kier molecular flexibility index (Phi) is 5.95. The van der Waals surface area contributed by atoms with Crippen molar-refractivity contribution in [3.63, 3.8) is 0 Å². The highest BCUT2D eigenvalue weighted by atomic mass is 16.1. The van der Waals surface area contributed by atoms with Gasteiger partial charge in [0, 0.05) is 19.0 Å². The molecule has 5 heteroatoms. The molecule has 1 aromatic heterocycles. The molecular formula is C24H30N4O. The summed E-state index contributed by atoms with van der Waals surface area (Å²) in [6.07, 6.45) is 1.82. The van der Waals surface area contributed by atoms with Crippen LogP contribution in [0, 0.1) is 12.8 Å². The number of carbonyl (C=O) groups is 1. The van der Waals surface area contributed by atoms with E-state index in [9.17, 15) is 4.79 Å². The first-order valence-corrected chi connectivity index (χ1v) is 10.6. The minimum Gasteiger partial charge on any atom is -0.352 e. The molecule has 0 unspecified atom stereocenters. The lowest BCUT2D eigenvalue weighted by molar-refractivity contribution is -0.126. The number of aromatic nitrogens is 2. The van der Waals surface area contributed by atoms with Crippen molar-refractivity contribution in [2.75, 3.05) is 13.1 Å². The van der Waals surface area contributed by atoms with Gasteiger partial charge >= 0.3 is 0 Å². The number of nitrogens with one attached hydrogen (secondary N) is 1. The zero-order valence-corrected chi connectivity index (χ0v) is 17.4. The zero-order valence-electron chi connectivity index (χ0n) is 17.4. The largest absolute Gasteiger partial charge is 0.352 e. The summed E-state index contributed by atoms with van der Waals surface area (Å²) in [7, 11) is 0. The Morgan fingerprint density at radius 1 is 1.14 bits per heavy atom. The van der Waals surface area contributed by atoms with Crippen molar-refractivity contribution in [1.82, 2.24) is 19.8 Å². The van der Waals surface area contributed by atoms with E-state index in [2.05, 4.69) is 65.0 Å². The Morgan fingerprint density at radius 3 is 2.69 bits per heavy atom. The molecule has 1 aliphatic rings. The highest BCUT2D eigenvalue weighted by molar-refractivity contribution is 5.78. The molecule has 0 spiro atoms. The molecule has 1 amide bonds. The average Bonchev–Trinajstić information content (AvgIpc) is 3.09. The Labute approximate surface area is 172 Å². The topological polar surface area (TPSA) is 50.2 Å². The summed E-state index contributed by atoms with van der Waals surface area (Å²) in [6.45, 7) is 8.51. The van der Waals surface area contributed by atoms with Gasteiger partial charge in [-0.15, -0.1) is 0 Å². The minimum absolute atomic E-state index is 0.112. The number of para-hydroxylation sites is 2. The van der Waals surface area contributed by atoms with E-state index in [1.165, 1.54) is 11.1 Å². The number of amides is 1. The number of carbonyl (C=O) groups excluding carboxylic acids is 1. The smallest absolute Gasteiger partial charge is 0.223 e. The van der Waals surface area contributed by atoms with E-state index in [-0.39, 0.29) is 11.8 Å². The first kappa shape index (κ1) is 19.6. The lowest BCUT2D eigenvalue weighted by Crippen LogP contribution is -2.40. The van der Waals surface area contributed by atoms with E-state index in [0.717, 1.165) is 55.9 Å². The summed E-state index contributed by atoms with van der Waals surface area (Å²) in [6, 6.07) is 16.6. The number of benzene rings is 2. The number of aryl methyl sites for hydroxylation is 2. The average molecular weight is 391 g/mol. The maximum Gasteiger partial charge on any atom is 0.223 e. The normalized spacial score (nSPS) is 15.7. The second-order valence-electron chi connectivity index (χ2n) is 8.02. The molecule has 0 aliphatic carbocycles. The molecule has 4 rings (SSSR count). The monoisotopic (exact) mass is 390 g/mol. The molecule has 1 N–H and O–H groups in total. The summed E-state index contributed by atoms with van der Waals surface area (Å²) in [5, 5.41) is 3.12. The van der Waals surface area contributed by atoms with E-state index >= 15 is 0 Å². The molecule has 0 atom stereocenters. The highest BCUT2D eigenvalue weighted by Gasteiger charge is 2.25. The molecule has 0 saturated carbocycles. The lowest BCUT2D eigenvalue weighted by Gasteiger charge is -2.31. The maximum atomic E-state index is 12.6. The van der Waals surface area contributed by atoms with Gasteiger partial charge in [-0.2, -0.15) is 0 Å². The van der Waals surface area contributed by atoms with Crippen LogP contribution in [0.25, 0.3) is 11.0 Å². The van der Waals surface area contributed by atoms with E-state index < -0.39 is 0 Å². The third-order valence-electron chi connectivity index (χ3n) is 5.92. The summed E-state index contributed by atoms with van der Waals surface area (Å²) in [5.74, 6) is 1.42. The first-order chi connectivity index (χ1) is 14.1.